The van der Waals surface area contributed by atoms with Crippen molar-refractivity contribution in [3.8, 4) is 0 Å². The van der Waals surface area contributed by atoms with Gasteiger partial charge in [-0.05, 0) is 38.9 Å². The molecule has 76 valence electrons. The second kappa shape index (κ2) is 5.04. The van der Waals surface area contributed by atoms with E-state index in [2.05, 4.69) is 22.7 Å². The van der Waals surface area contributed by atoms with Gasteiger partial charge < -0.3 is 10.2 Å². The zero-order valence-corrected chi connectivity index (χ0v) is 8.05. The van der Waals surface area contributed by atoms with Crippen LogP contribution in [0.5, 0.6) is 0 Å². The summed E-state index contributed by atoms with van der Waals surface area (Å²) in [6.45, 7) is 2.98. The number of piperidine rings is 1. The Kier molecular flexibility index (Phi) is 3.98. The maximum Gasteiger partial charge on any atom is 0.328 e. The number of urea groups is 1. The van der Waals surface area contributed by atoms with E-state index in [1.165, 1.54) is 0 Å². The molecule has 0 saturated carbocycles. The molecule has 0 aromatic heterocycles. The highest BCUT2D eigenvalue weighted by Crippen LogP contribution is 2.14. The highest BCUT2D eigenvalue weighted by molar-refractivity contribution is 5.72. The molecule has 5 heteroatoms. The predicted octanol–water partition coefficient (Wildman–Crippen LogP) is -0.499. The molecule has 0 unspecified atom stereocenters. The van der Waals surface area contributed by atoms with Crippen LogP contribution >= 0.6 is 0 Å². The minimum atomic E-state index is -0.293. The van der Waals surface area contributed by atoms with Crippen molar-refractivity contribution in [2.45, 2.75) is 12.8 Å². The van der Waals surface area contributed by atoms with Gasteiger partial charge in [-0.25, -0.2) is 10.6 Å². The van der Waals surface area contributed by atoms with Gasteiger partial charge >= 0.3 is 6.03 Å². The van der Waals surface area contributed by atoms with Gasteiger partial charge in [-0.1, -0.05) is 0 Å². The second-order valence-electron chi connectivity index (χ2n) is 3.60. The molecule has 1 aliphatic heterocycles. The number of hydrogen-bond donors (Lipinski definition) is 3. The van der Waals surface area contributed by atoms with Crippen LogP contribution in [0.15, 0.2) is 0 Å². The molecular weight excluding hydrogens is 168 g/mol. The van der Waals surface area contributed by atoms with E-state index in [1.807, 2.05) is 0 Å². The maximum absolute atomic E-state index is 10.8. The summed E-state index contributed by atoms with van der Waals surface area (Å²) < 4.78 is 0. The van der Waals surface area contributed by atoms with Crippen LogP contribution in [-0.2, 0) is 0 Å². The highest BCUT2D eigenvalue weighted by Gasteiger charge is 2.16. The number of amides is 2. The summed E-state index contributed by atoms with van der Waals surface area (Å²) in [5, 5.41) is 2.72. The quantitative estimate of drug-likeness (QED) is 0.309. The lowest BCUT2D eigenvalue weighted by atomic mass is 9.97. The Labute approximate surface area is 78.6 Å². The summed E-state index contributed by atoms with van der Waals surface area (Å²) in [4.78, 5) is 13.1. The monoisotopic (exact) mass is 186 g/mol. The molecule has 0 spiro atoms. The standard InChI is InChI=1S/C8H18N4O/c1-12-4-2-7(3-5-12)6-10-8(13)11-9/h7H,2-6,9H2,1H3,(H2,10,11,13). The molecule has 1 aliphatic rings. The van der Waals surface area contributed by atoms with E-state index in [1.54, 1.807) is 0 Å². The van der Waals surface area contributed by atoms with Crippen LogP contribution in [0.1, 0.15) is 12.8 Å². The maximum atomic E-state index is 10.8. The van der Waals surface area contributed by atoms with E-state index in [4.69, 9.17) is 5.84 Å². The number of hydrogen-bond acceptors (Lipinski definition) is 3. The van der Waals surface area contributed by atoms with Gasteiger partial charge in [0.15, 0.2) is 0 Å². The lowest BCUT2D eigenvalue weighted by Gasteiger charge is -2.28. The van der Waals surface area contributed by atoms with E-state index in [0.717, 1.165) is 32.5 Å². The molecule has 4 N–H and O–H groups in total. The van der Waals surface area contributed by atoms with Gasteiger partial charge in [-0.2, -0.15) is 0 Å². The Morgan fingerprint density at radius 1 is 1.54 bits per heavy atom. The molecule has 0 atom stereocenters. The van der Waals surface area contributed by atoms with Crippen LogP contribution in [0, 0.1) is 5.92 Å². The molecule has 1 rings (SSSR count). The molecule has 1 heterocycles. The summed E-state index contributed by atoms with van der Waals surface area (Å²) >= 11 is 0. The average molecular weight is 186 g/mol. The first-order valence-corrected chi connectivity index (χ1v) is 4.65. The molecule has 0 aromatic rings. The van der Waals surface area contributed by atoms with Crippen molar-refractivity contribution in [1.29, 1.82) is 0 Å². The number of likely N-dealkylation sites (tertiary alicyclic amines) is 1. The molecule has 13 heavy (non-hydrogen) atoms. The summed E-state index contributed by atoms with van der Waals surface area (Å²) in [6.07, 6.45) is 2.31. The number of carbonyl (C=O) groups excluding carboxylic acids is 1. The lowest BCUT2D eigenvalue weighted by Crippen LogP contribution is -2.43. The van der Waals surface area contributed by atoms with E-state index in [0.29, 0.717) is 5.92 Å². The Balaban J connectivity index is 2.12. The third-order valence-corrected chi connectivity index (χ3v) is 2.52. The highest BCUT2D eigenvalue weighted by atomic mass is 16.2. The van der Waals surface area contributed by atoms with Crippen LogP contribution in [0.2, 0.25) is 0 Å². The minimum Gasteiger partial charge on any atom is -0.337 e. The summed E-state index contributed by atoms with van der Waals surface area (Å²) in [5.41, 5.74) is 2.05. The van der Waals surface area contributed by atoms with Crippen LogP contribution in [-0.4, -0.2) is 37.6 Å². The summed E-state index contributed by atoms with van der Waals surface area (Å²) in [5.74, 6) is 5.54. The van der Waals surface area contributed by atoms with E-state index < -0.39 is 0 Å². The van der Waals surface area contributed by atoms with Crippen molar-refractivity contribution in [2.75, 3.05) is 26.7 Å². The topological polar surface area (TPSA) is 70.4 Å². The molecule has 0 radical (unpaired) electrons. The second-order valence-corrected chi connectivity index (χ2v) is 3.60. The Bertz CT molecular complexity index is 166. The largest absolute Gasteiger partial charge is 0.337 e. The first kappa shape index (κ1) is 10.3. The fourth-order valence-corrected chi connectivity index (χ4v) is 1.55. The van der Waals surface area contributed by atoms with Gasteiger partial charge in [-0.15, -0.1) is 0 Å². The van der Waals surface area contributed by atoms with Gasteiger partial charge in [0.25, 0.3) is 0 Å². The van der Waals surface area contributed by atoms with Crippen molar-refractivity contribution < 1.29 is 4.79 Å². The zero-order chi connectivity index (χ0) is 9.68. The number of nitrogens with zero attached hydrogens (tertiary/aromatic N) is 1. The SMILES string of the molecule is CN1CCC(CNC(=O)NN)CC1. The minimum absolute atomic E-state index is 0.293. The Morgan fingerprint density at radius 2 is 2.15 bits per heavy atom. The molecule has 1 fully saturated rings. The third-order valence-electron chi connectivity index (χ3n) is 2.52. The van der Waals surface area contributed by atoms with Crippen molar-refractivity contribution in [2.24, 2.45) is 11.8 Å². The summed E-state index contributed by atoms with van der Waals surface area (Å²) in [6, 6.07) is -0.293. The fraction of sp³-hybridized carbons (Fsp3) is 0.875. The molecule has 2 amide bonds. The van der Waals surface area contributed by atoms with Gasteiger partial charge in [0.1, 0.15) is 0 Å². The predicted molar refractivity (Wildman–Crippen MR) is 50.9 cm³/mol. The van der Waals surface area contributed by atoms with Gasteiger partial charge in [0.05, 0.1) is 0 Å². The van der Waals surface area contributed by atoms with Crippen molar-refractivity contribution in [1.82, 2.24) is 15.6 Å². The van der Waals surface area contributed by atoms with Crippen LogP contribution in [0.3, 0.4) is 0 Å². The zero-order valence-electron chi connectivity index (χ0n) is 8.05. The van der Waals surface area contributed by atoms with Gasteiger partial charge in [0.2, 0.25) is 0 Å². The van der Waals surface area contributed by atoms with Crippen LogP contribution < -0.4 is 16.6 Å². The van der Waals surface area contributed by atoms with E-state index >= 15 is 0 Å². The molecular formula is C8H18N4O. The Hall–Kier alpha value is -0.810. The average Bonchev–Trinajstić information content (AvgIpc) is 2.16. The molecule has 0 aromatic carbocycles. The molecule has 1 saturated heterocycles. The third kappa shape index (κ3) is 3.61. The van der Waals surface area contributed by atoms with Crippen molar-refractivity contribution >= 4 is 6.03 Å². The number of hydrazine groups is 1. The van der Waals surface area contributed by atoms with E-state index in [9.17, 15) is 4.79 Å². The number of carbonyl (C=O) groups is 1. The van der Waals surface area contributed by atoms with Gasteiger partial charge in [0, 0.05) is 6.54 Å². The van der Waals surface area contributed by atoms with Gasteiger partial charge in [-0.3, -0.25) is 5.43 Å². The normalized spacial score (nSPS) is 19.8. The summed E-state index contributed by atoms with van der Waals surface area (Å²) in [7, 11) is 2.12. The van der Waals surface area contributed by atoms with E-state index in [-0.39, 0.29) is 6.03 Å². The van der Waals surface area contributed by atoms with Crippen LogP contribution in [0.25, 0.3) is 0 Å². The first-order valence-electron chi connectivity index (χ1n) is 4.65. The smallest absolute Gasteiger partial charge is 0.328 e. The first-order chi connectivity index (χ1) is 6.22. The molecule has 0 bridgehead atoms. The Morgan fingerprint density at radius 3 is 2.69 bits per heavy atom. The number of nitrogens with one attached hydrogen (secondary N) is 2. The lowest BCUT2D eigenvalue weighted by molar-refractivity contribution is 0.210. The number of nitrogens with two attached hydrogens (primary N) is 1. The fourth-order valence-electron chi connectivity index (χ4n) is 1.55. The van der Waals surface area contributed by atoms with Crippen molar-refractivity contribution in [3.05, 3.63) is 0 Å². The van der Waals surface area contributed by atoms with Crippen LogP contribution in [0.4, 0.5) is 4.79 Å². The molecule has 0 aliphatic carbocycles. The van der Waals surface area contributed by atoms with Crippen molar-refractivity contribution in [3.63, 3.8) is 0 Å². The molecule has 5 nitrogen and oxygen atoms in total. The number of rotatable bonds is 2.